The van der Waals surface area contributed by atoms with E-state index in [-0.39, 0.29) is 5.41 Å². The molecule has 0 bridgehead atoms. The van der Waals surface area contributed by atoms with E-state index in [0.29, 0.717) is 5.82 Å². The zero-order valence-electron chi connectivity index (χ0n) is 14.6. The van der Waals surface area contributed by atoms with Crippen LogP contribution in [0.15, 0.2) is 24.5 Å². The molecule has 0 aliphatic heterocycles. The van der Waals surface area contributed by atoms with Crippen molar-refractivity contribution in [2.45, 2.75) is 45.4 Å². The van der Waals surface area contributed by atoms with Gasteiger partial charge in [0.1, 0.15) is 12.1 Å². The van der Waals surface area contributed by atoms with Crippen molar-refractivity contribution in [1.82, 2.24) is 9.97 Å². The lowest BCUT2D eigenvalue weighted by Crippen LogP contribution is -2.30. The van der Waals surface area contributed by atoms with Crippen LogP contribution in [0.3, 0.4) is 0 Å². The molecule has 2 N–H and O–H groups in total. The van der Waals surface area contributed by atoms with Crippen molar-refractivity contribution in [3.63, 3.8) is 0 Å². The second-order valence-electron chi connectivity index (χ2n) is 7.12. The van der Waals surface area contributed by atoms with Crippen LogP contribution in [0.4, 0.5) is 11.5 Å². The number of benzene rings is 1. The number of anilines is 2. The molecule has 1 heterocycles. The van der Waals surface area contributed by atoms with Crippen LogP contribution >= 0.6 is 0 Å². The molecule has 23 heavy (non-hydrogen) atoms. The maximum absolute atomic E-state index is 6.18. The lowest BCUT2D eigenvalue weighted by Gasteiger charge is -2.36. The Labute approximate surface area is 138 Å². The van der Waals surface area contributed by atoms with Gasteiger partial charge in [0.05, 0.1) is 5.69 Å². The molecule has 0 atom stereocenters. The first-order valence-electron chi connectivity index (χ1n) is 8.40. The van der Waals surface area contributed by atoms with Gasteiger partial charge in [-0.2, -0.15) is 0 Å². The van der Waals surface area contributed by atoms with Crippen molar-refractivity contribution < 1.29 is 0 Å². The number of nitrogens with zero attached hydrogens (tertiary/aromatic N) is 3. The molecule has 3 rings (SSSR count). The van der Waals surface area contributed by atoms with Gasteiger partial charge in [-0.05, 0) is 29.9 Å². The Morgan fingerprint density at radius 1 is 1.26 bits per heavy atom. The Morgan fingerprint density at radius 3 is 2.78 bits per heavy atom. The summed E-state index contributed by atoms with van der Waals surface area (Å²) in [4.78, 5) is 11.2. The van der Waals surface area contributed by atoms with Crippen LogP contribution in [0, 0.1) is 0 Å². The third kappa shape index (κ3) is 2.67. The normalized spacial score (nSPS) is 15.0. The van der Waals surface area contributed by atoms with Crippen LogP contribution in [0.1, 0.15) is 44.7 Å². The van der Waals surface area contributed by atoms with E-state index in [2.05, 4.69) is 60.9 Å². The molecule has 4 nitrogen and oxygen atoms in total. The first-order valence-corrected chi connectivity index (χ1v) is 8.40. The predicted octanol–water partition coefficient (Wildman–Crippen LogP) is 3.80. The van der Waals surface area contributed by atoms with Gasteiger partial charge >= 0.3 is 0 Å². The highest BCUT2D eigenvalue weighted by atomic mass is 15.1. The molecule has 0 fully saturated rings. The van der Waals surface area contributed by atoms with Crippen molar-refractivity contribution in [3.8, 4) is 11.3 Å². The predicted molar refractivity (Wildman–Crippen MR) is 96.8 cm³/mol. The molecule has 0 saturated carbocycles. The Kier molecular flexibility index (Phi) is 4.00. The van der Waals surface area contributed by atoms with Gasteiger partial charge in [0.25, 0.3) is 0 Å². The Bertz CT molecular complexity index is 721. The summed E-state index contributed by atoms with van der Waals surface area (Å²) < 4.78 is 0. The SMILES string of the molecule is CCCCN(C)c1cccc2c1CC(C)(C)c1c(N)ncnc1-2. The molecule has 0 spiro atoms. The maximum atomic E-state index is 6.18. The van der Waals surface area contributed by atoms with Gasteiger partial charge in [-0.25, -0.2) is 9.97 Å². The van der Waals surface area contributed by atoms with Gasteiger partial charge in [-0.3, -0.25) is 0 Å². The van der Waals surface area contributed by atoms with Crippen molar-refractivity contribution in [1.29, 1.82) is 0 Å². The number of nitrogens with two attached hydrogens (primary N) is 1. The quantitative estimate of drug-likeness (QED) is 0.933. The average Bonchev–Trinajstić information content (AvgIpc) is 2.51. The maximum Gasteiger partial charge on any atom is 0.131 e. The summed E-state index contributed by atoms with van der Waals surface area (Å²) in [5, 5.41) is 0. The van der Waals surface area contributed by atoms with Gasteiger partial charge < -0.3 is 10.6 Å². The molecule has 0 saturated heterocycles. The van der Waals surface area contributed by atoms with E-state index in [0.717, 1.165) is 24.2 Å². The Morgan fingerprint density at radius 2 is 2.04 bits per heavy atom. The smallest absolute Gasteiger partial charge is 0.131 e. The lowest BCUT2D eigenvalue weighted by atomic mass is 9.71. The van der Waals surface area contributed by atoms with Gasteiger partial charge in [0.2, 0.25) is 0 Å². The molecular weight excluding hydrogens is 284 g/mol. The van der Waals surface area contributed by atoms with Gasteiger partial charge in [0.15, 0.2) is 0 Å². The first kappa shape index (κ1) is 15.8. The minimum absolute atomic E-state index is 0.0601. The van der Waals surface area contributed by atoms with E-state index in [1.807, 2.05) is 0 Å². The van der Waals surface area contributed by atoms with Crippen molar-refractivity contribution in [2.75, 3.05) is 24.2 Å². The molecule has 122 valence electrons. The van der Waals surface area contributed by atoms with Gasteiger partial charge in [-0.15, -0.1) is 0 Å². The average molecular weight is 310 g/mol. The molecule has 2 aromatic rings. The second kappa shape index (κ2) is 5.84. The van der Waals surface area contributed by atoms with Gasteiger partial charge in [0, 0.05) is 30.4 Å². The van der Waals surface area contributed by atoms with Crippen LogP contribution in [0.5, 0.6) is 0 Å². The molecule has 0 radical (unpaired) electrons. The number of aromatic nitrogens is 2. The highest BCUT2D eigenvalue weighted by Crippen LogP contribution is 2.46. The zero-order chi connectivity index (χ0) is 16.6. The van der Waals surface area contributed by atoms with Crippen molar-refractivity contribution in [3.05, 3.63) is 35.7 Å². The summed E-state index contributed by atoms with van der Waals surface area (Å²) >= 11 is 0. The molecule has 1 aromatic heterocycles. The van der Waals surface area contributed by atoms with E-state index >= 15 is 0 Å². The largest absolute Gasteiger partial charge is 0.383 e. The summed E-state index contributed by atoms with van der Waals surface area (Å²) in [5.41, 5.74) is 12.1. The monoisotopic (exact) mass is 310 g/mol. The van der Waals surface area contributed by atoms with Crippen molar-refractivity contribution >= 4 is 11.5 Å². The number of fused-ring (bicyclic) bond motifs is 3. The molecular formula is C19H26N4. The van der Waals surface area contributed by atoms with Crippen molar-refractivity contribution in [2.24, 2.45) is 0 Å². The zero-order valence-corrected chi connectivity index (χ0v) is 14.6. The highest BCUT2D eigenvalue weighted by molar-refractivity contribution is 5.80. The topological polar surface area (TPSA) is 55.0 Å². The summed E-state index contributed by atoms with van der Waals surface area (Å²) in [6.45, 7) is 7.77. The molecule has 4 heteroatoms. The molecule has 0 unspecified atom stereocenters. The number of rotatable bonds is 4. The summed E-state index contributed by atoms with van der Waals surface area (Å²) in [6.07, 6.45) is 4.94. The first-order chi connectivity index (χ1) is 11.0. The van der Waals surface area contributed by atoms with E-state index < -0.39 is 0 Å². The fraction of sp³-hybridized carbons (Fsp3) is 0.474. The number of hydrogen-bond donors (Lipinski definition) is 1. The molecule has 1 aliphatic carbocycles. The van der Waals surface area contributed by atoms with Gasteiger partial charge in [-0.1, -0.05) is 39.3 Å². The minimum Gasteiger partial charge on any atom is -0.383 e. The van der Waals surface area contributed by atoms with Crippen LogP contribution in [0.2, 0.25) is 0 Å². The fourth-order valence-electron chi connectivity index (χ4n) is 3.66. The molecule has 1 aliphatic rings. The summed E-state index contributed by atoms with van der Waals surface area (Å²) in [5.74, 6) is 0.607. The Hall–Kier alpha value is -2.10. The molecule has 0 amide bonds. The summed E-state index contributed by atoms with van der Waals surface area (Å²) in [7, 11) is 2.18. The number of nitrogen functional groups attached to an aromatic ring is 1. The lowest BCUT2D eigenvalue weighted by molar-refractivity contribution is 0.514. The van der Waals surface area contributed by atoms with Crippen LogP contribution in [0.25, 0.3) is 11.3 Å². The van der Waals surface area contributed by atoms with Crippen LogP contribution in [-0.4, -0.2) is 23.6 Å². The standard InChI is InChI=1S/C19H26N4/c1-5-6-10-23(4)15-9-7-8-13-14(15)11-19(2,3)16-17(13)21-12-22-18(16)20/h7-9,12H,5-6,10-11H2,1-4H3,(H2,20,21,22). The number of unbranched alkanes of at least 4 members (excludes halogenated alkanes) is 1. The van der Waals surface area contributed by atoms with E-state index in [1.54, 1.807) is 6.33 Å². The van der Waals surface area contributed by atoms with E-state index in [4.69, 9.17) is 5.73 Å². The third-order valence-corrected chi connectivity index (χ3v) is 4.84. The summed E-state index contributed by atoms with van der Waals surface area (Å²) in [6, 6.07) is 6.50. The number of hydrogen-bond acceptors (Lipinski definition) is 4. The van der Waals surface area contributed by atoms with Crippen LogP contribution < -0.4 is 10.6 Å². The third-order valence-electron chi connectivity index (χ3n) is 4.84. The fourth-order valence-corrected chi connectivity index (χ4v) is 3.66. The molecule has 1 aromatic carbocycles. The highest BCUT2D eigenvalue weighted by Gasteiger charge is 2.35. The van der Waals surface area contributed by atoms with E-state index in [1.165, 1.54) is 29.7 Å². The minimum atomic E-state index is -0.0601. The Balaban J connectivity index is 2.15. The second-order valence-corrected chi connectivity index (χ2v) is 7.12. The van der Waals surface area contributed by atoms with E-state index in [9.17, 15) is 0 Å². The van der Waals surface area contributed by atoms with Crippen LogP contribution in [-0.2, 0) is 11.8 Å².